The van der Waals surface area contributed by atoms with E-state index >= 15 is 0 Å². The molecule has 0 aromatic rings. The minimum absolute atomic E-state index is 0.00150. The average molecular weight is 282 g/mol. The summed E-state index contributed by atoms with van der Waals surface area (Å²) >= 11 is 0. The van der Waals surface area contributed by atoms with Crippen LogP contribution in [0.15, 0.2) is 0 Å². The van der Waals surface area contributed by atoms with Crippen molar-refractivity contribution in [2.24, 2.45) is 0 Å². The van der Waals surface area contributed by atoms with E-state index < -0.39 is 5.54 Å². The first-order valence-corrected chi connectivity index (χ1v) is 7.62. The Morgan fingerprint density at radius 2 is 2.05 bits per heavy atom. The highest BCUT2D eigenvalue weighted by atomic mass is 16.2. The fourth-order valence-electron chi connectivity index (χ4n) is 3.10. The van der Waals surface area contributed by atoms with E-state index in [0.717, 1.165) is 38.8 Å². The maximum absolute atomic E-state index is 12.4. The Hall–Kier alpha value is -1.30. The third-order valence-electron chi connectivity index (χ3n) is 4.51. The summed E-state index contributed by atoms with van der Waals surface area (Å²) in [6, 6.07) is -0.00150. The molecule has 0 aliphatic carbocycles. The second kappa shape index (κ2) is 6.43. The van der Waals surface area contributed by atoms with Crippen molar-refractivity contribution in [2.75, 3.05) is 39.8 Å². The number of carbonyl (C=O) groups excluding carboxylic acids is 2. The highest BCUT2D eigenvalue weighted by molar-refractivity contribution is 5.87. The maximum atomic E-state index is 12.4. The van der Waals surface area contributed by atoms with Crippen LogP contribution in [0.1, 0.15) is 32.6 Å². The number of amides is 3. The fourth-order valence-corrected chi connectivity index (χ4v) is 3.10. The van der Waals surface area contributed by atoms with Crippen LogP contribution in [0, 0.1) is 0 Å². The van der Waals surface area contributed by atoms with Crippen LogP contribution in [0.4, 0.5) is 4.79 Å². The fraction of sp³-hybridized carbons (Fsp3) is 0.857. The summed E-state index contributed by atoms with van der Waals surface area (Å²) in [4.78, 5) is 28.3. The standard InChI is InChI=1S/C14H26N4O2/c1-3-7-16-13(20)18-10-5-14(6-11-18)12(19)15-8-4-9-17(14)2/h3-11H2,1-2H3,(H,15,19)(H,16,20). The van der Waals surface area contributed by atoms with Crippen molar-refractivity contribution in [3.63, 3.8) is 0 Å². The van der Waals surface area contributed by atoms with E-state index in [9.17, 15) is 9.59 Å². The molecular formula is C14H26N4O2. The highest BCUT2D eigenvalue weighted by Crippen LogP contribution is 2.29. The maximum Gasteiger partial charge on any atom is 0.317 e. The van der Waals surface area contributed by atoms with Crippen molar-refractivity contribution < 1.29 is 9.59 Å². The van der Waals surface area contributed by atoms with Gasteiger partial charge in [-0.2, -0.15) is 0 Å². The first-order valence-electron chi connectivity index (χ1n) is 7.62. The lowest BCUT2D eigenvalue weighted by molar-refractivity contribution is -0.134. The minimum Gasteiger partial charge on any atom is -0.354 e. The summed E-state index contributed by atoms with van der Waals surface area (Å²) in [6.45, 7) is 5.73. The van der Waals surface area contributed by atoms with Gasteiger partial charge >= 0.3 is 6.03 Å². The van der Waals surface area contributed by atoms with Crippen LogP contribution < -0.4 is 10.6 Å². The average Bonchev–Trinajstić information content (AvgIpc) is 2.60. The van der Waals surface area contributed by atoms with Gasteiger partial charge in [-0.25, -0.2) is 4.79 Å². The van der Waals surface area contributed by atoms with Gasteiger partial charge in [-0.05, 0) is 32.7 Å². The molecule has 2 saturated heterocycles. The smallest absolute Gasteiger partial charge is 0.317 e. The number of carbonyl (C=O) groups is 2. The van der Waals surface area contributed by atoms with Crippen LogP contribution in [0.3, 0.4) is 0 Å². The van der Waals surface area contributed by atoms with Gasteiger partial charge in [0.2, 0.25) is 5.91 Å². The van der Waals surface area contributed by atoms with Crippen LogP contribution in [-0.4, -0.2) is 67.0 Å². The molecule has 2 heterocycles. The number of likely N-dealkylation sites (tertiary alicyclic amines) is 1. The summed E-state index contributed by atoms with van der Waals surface area (Å²) in [5.41, 5.74) is -0.419. The Kier molecular flexibility index (Phi) is 4.86. The minimum atomic E-state index is -0.419. The normalized spacial score (nSPS) is 23.3. The number of likely N-dealkylation sites (N-methyl/N-ethyl adjacent to an activating group) is 1. The Balaban J connectivity index is 1.97. The summed E-state index contributed by atoms with van der Waals surface area (Å²) in [5, 5.41) is 5.92. The lowest BCUT2D eigenvalue weighted by Gasteiger charge is -2.44. The predicted molar refractivity (Wildman–Crippen MR) is 77.5 cm³/mol. The van der Waals surface area contributed by atoms with Crippen molar-refractivity contribution in [3.05, 3.63) is 0 Å². The third kappa shape index (κ3) is 2.90. The van der Waals surface area contributed by atoms with Gasteiger partial charge in [0, 0.05) is 32.7 Å². The number of nitrogens with zero attached hydrogens (tertiary/aromatic N) is 2. The van der Waals surface area contributed by atoms with Crippen molar-refractivity contribution >= 4 is 11.9 Å². The van der Waals surface area contributed by atoms with Crippen LogP contribution in [0.25, 0.3) is 0 Å². The Morgan fingerprint density at radius 1 is 1.35 bits per heavy atom. The van der Waals surface area contributed by atoms with Crippen LogP contribution >= 0.6 is 0 Å². The number of piperidine rings is 1. The van der Waals surface area contributed by atoms with Crippen LogP contribution in [0.2, 0.25) is 0 Å². The Morgan fingerprint density at radius 3 is 2.70 bits per heavy atom. The van der Waals surface area contributed by atoms with Crippen LogP contribution in [-0.2, 0) is 4.79 Å². The van der Waals surface area contributed by atoms with E-state index in [4.69, 9.17) is 0 Å². The molecule has 0 saturated carbocycles. The topological polar surface area (TPSA) is 64.7 Å². The van der Waals surface area contributed by atoms with Crippen molar-refractivity contribution in [2.45, 2.75) is 38.1 Å². The van der Waals surface area contributed by atoms with E-state index in [0.29, 0.717) is 19.6 Å². The molecule has 2 N–H and O–H groups in total. The molecule has 0 aromatic heterocycles. The molecule has 0 radical (unpaired) electrons. The van der Waals surface area contributed by atoms with Crippen molar-refractivity contribution in [3.8, 4) is 0 Å². The molecule has 20 heavy (non-hydrogen) atoms. The molecule has 0 aromatic carbocycles. The van der Waals surface area contributed by atoms with Gasteiger partial charge in [-0.15, -0.1) is 0 Å². The molecule has 2 aliphatic rings. The van der Waals surface area contributed by atoms with E-state index in [1.54, 1.807) is 0 Å². The lowest BCUT2D eigenvalue weighted by atomic mass is 9.85. The van der Waals surface area contributed by atoms with Gasteiger partial charge in [0.1, 0.15) is 5.54 Å². The predicted octanol–water partition coefficient (Wildman–Crippen LogP) is 0.392. The molecule has 0 atom stereocenters. The van der Waals surface area contributed by atoms with E-state index in [1.807, 2.05) is 18.9 Å². The number of urea groups is 1. The van der Waals surface area contributed by atoms with Gasteiger partial charge in [0.05, 0.1) is 0 Å². The lowest BCUT2D eigenvalue weighted by Crippen LogP contribution is -2.62. The number of nitrogens with one attached hydrogen (secondary N) is 2. The quantitative estimate of drug-likeness (QED) is 0.770. The molecule has 3 amide bonds. The Labute approximate surface area is 120 Å². The number of rotatable bonds is 2. The molecule has 114 valence electrons. The number of hydrogen-bond donors (Lipinski definition) is 2. The SMILES string of the molecule is CCCNC(=O)N1CCC2(CC1)C(=O)NCCCN2C. The van der Waals surface area contributed by atoms with Crippen molar-refractivity contribution in [1.82, 2.24) is 20.4 Å². The zero-order valence-electron chi connectivity index (χ0n) is 12.6. The Bertz CT molecular complexity index is 364. The molecule has 0 bridgehead atoms. The first-order chi connectivity index (χ1) is 9.60. The van der Waals surface area contributed by atoms with E-state index in [2.05, 4.69) is 15.5 Å². The van der Waals surface area contributed by atoms with Crippen molar-refractivity contribution in [1.29, 1.82) is 0 Å². The molecule has 2 fully saturated rings. The third-order valence-corrected chi connectivity index (χ3v) is 4.51. The summed E-state index contributed by atoms with van der Waals surface area (Å²) in [7, 11) is 2.03. The molecule has 6 heteroatoms. The largest absolute Gasteiger partial charge is 0.354 e. The van der Waals surface area contributed by atoms with Gasteiger partial charge in [-0.3, -0.25) is 9.69 Å². The second-order valence-corrected chi connectivity index (χ2v) is 5.78. The highest BCUT2D eigenvalue weighted by Gasteiger charge is 2.45. The molecule has 2 aliphatic heterocycles. The van der Waals surface area contributed by atoms with Gasteiger partial charge in [0.15, 0.2) is 0 Å². The molecular weight excluding hydrogens is 256 g/mol. The van der Waals surface area contributed by atoms with Gasteiger partial charge in [-0.1, -0.05) is 6.92 Å². The number of hydrogen-bond acceptors (Lipinski definition) is 3. The summed E-state index contributed by atoms with van der Waals surface area (Å²) < 4.78 is 0. The van der Waals surface area contributed by atoms with E-state index in [-0.39, 0.29) is 11.9 Å². The monoisotopic (exact) mass is 282 g/mol. The van der Waals surface area contributed by atoms with E-state index in [1.165, 1.54) is 0 Å². The summed E-state index contributed by atoms with van der Waals surface area (Å²) in [5.74, 6) is 0.131. The molecule has 6 nitrogen and oxygen atoms in total. The first kappa shape index (κ1) is 15.1. The summed E-state index contributed by atoms with van der Waals surface area (Å²) in [6.07, 6.45) is 3.36. The zero-order chi connectivity index (χ0) is 14.6. The van der Waals surface area contributed by atoms with Gasteiger partial charge < -0.3 is 15.5 Å². The van der Waals surface area contributed by atoms with Crippen LogP contribution in [0.5, 0.6) is 0 Å². The molecule has 2 rings (SSSR count). The van der Waals surface area contributed by atoms with Gasteiger partial charge in [0.25, 0.3) is 0 Å². The zero-order valence-corrected chi connectivity index (χ0v) is 12.6. The second-order valence-electron chi connectivity index (χ2n) is 5.78. The molecule has 1 spiro atoms. The molecule has 0 unspecified atom stereocenters.